The highest BCUT2D eigenvalue weighted by atomic mass is 35.5. The predicted molar refractivity (Wildman–Crippen MR) is 119 cm³/mol. The topological polar surface area (TPSA) is 38.7 Å². The maximum atomic E-state index is 8.40. The van der Waals surface area contributed by atoms with E-state index in [1.807, 2.05) is 72.8 Å². The van der Waals surface area contributed by atoms with Crippen LogP contribution in [-0.2, 0) is 0 Å². The molecule has 5 aromatic rings. The summed E-state index contributed by atoms with van der Waals surface area (Å²) in [6.45, 7) is 0. The summed E-state index contributed by atoms with van der Waals surface area (Å²) in [4.78, 5) is 13.9. The number of rotatable bonds is 3. The van der Waals surface area contributed by atoms with Crippen LogP contribution in [0.25, 0.3) is 44.9 Å². The third-order valence-corrected chi connectivity index (χ3v) is 4.75. The molecule has 29 heavy (non-hydrogen) atoms. The van der Waals surface area contributed by atoms with Gasteiger partial charge in [0.1, 0.15) is 0 Å². The highest BCUT2D eigenvalue weighted by Gasteiger charge is 2.12. The number of aromatic nitrogens is 3. The minimum absolute atomic E-state index is 0.0286. The molecule has 0 aliphatic carbocycles. The van der Waals surface area contributed by atoms with Crippen LogP contribution in [0.5, 0.6) is 0 Å². The zero-order chi connectivity index (χ0) is 22.2. The molecule has 1 heterocycles. The molecule has 5 rings (SSSR count). The van der Waals surface area contributed by atoms with Crippen LogP contribution in [-0.4, -0.2) is 15.0 Å². The van der Waals surface area contributed by atoms with E-state index in [0.717, 1.165) is 21.9 Å². The molecule has 0 spiro atoms. The Hall–Kier alpha value is -3.56. The monoisotopic (exact) mass is 396 g/mol. The van der Waals surface area contributed by atoms with Crippen molar-refractivity contribution in [3.8, 4) is 34.2 Å². The fraction of sp³-hybridized carbons (Fsp3) is 0. The smallest absolute Gasteiger partial charge is 0.164 e. The molecule has 0 fully saturated rings. The van der Waals surface area contributed by atoms with E-state index in [-0.39, 0.29) is 34.5 Å². The van der Waals surface area contributed by atoms with Crippen molar-refractivity contribution >= 4 is 22.4 Å². The Morgan fingerprint density at radius 1 is 0.586 bits per heavy atom. The second-order valence-electron chi connectivity index (χ2n) is 6.48. The van der Waals surface area contributed by atoms with Crippen molar-refractivity contribution in [2.24, 2.45) is 0 Å². The van der Waals surface area contributed by atoms with E-state index in [0.29, 0.717) is 11.6 Å². The third-order valence-electron chi connectivity index (χ3n) is 4.55. The molecule has 0 bridgehead atoms. The number of nitrogens with zero attached hydrogens (tertiary/aromatic N) is 3. The van der Waals surface area contributed by atoms with Gasteiger partial charge in [0, 0.05) is 21.7 Å². The van der Waals surface area contributed by atoms with E-state index in [1.165, 1.54) is 6.07 Å². The average Bonchev–Trinajstić information content (AvgIpc) is 2.83. The van der Waals surface area contributed by atoms with Gasteiger partial charge in [-0.3, -0.25) is 0 Å². The molecule has 0 saturated heterocycles. The van der Waals surface area contributed by atoms with Gasteiger partial charge in [-0.15, -0.1) is 0 Å². The maximum absolute atomic E-state index is 8.40. The summed E-state index contributed by atoms with van der Waals surface area (Å²) in [5.74, 6) is 1.05. The van der Waals surface area contributed by atoms with Gasteiger partial charge < -0.3 is 0 Å². The Labute approximate surface area is 177 Å². The Kier molecular flexibility index (Phi) is 3.71. The second-order valence-corrected chi connectivity index (χ2v) is 6.86. The molecular formula is C25H16ClN3. The molecular weight excluding hydrogens is 378 g/mol. The zero-order valence-corrected chi connectivity index (χ0v) is 16.0. The van der Waals surface area contributed by atoms with Gasteiger partial charge in [0.2, 0.25) is 0 Å². The van der Waals surface area contributed by atoms with Gasteiger partial charge in [-0.25, -0.2) is 15.0 Å². The molecule has 1 aromatic heterocycles. The van der Waals surface area contributed by atoms with Crippen molar-refractivity contribution < 1.29 is 4.11 Å². The van der Waals surface area contributed by atoms with Crippen LogP contribution in [0.1, 0.15) is 4.11 Å². The number of halogens is 1. The summed E-state index contributed by atoms with van der Waals surface area (Å²) >= 11 is 6.15. The van der Waals surface area contributed by atoms with Crippen LogP contribution >= 0.6 is 11.6 Å². The minimum atomic E-state index is -0.140. The third kappa shape index (κ3) is 3.60. The number of hydrogen-bond acceptors (Lipinski definition) is 3. The van der Waals surface area contributed by atoms with Crippen LogP contribution in [0.15, 0.2) is 97.0 Å². The summed E-state index contributed by atoms with van der Waals surface area (Å²) in [6, 6.07) is 24.5. The van der Waals surface area contributed by atoms with Gasteiger partial charge in [0.05, 0.1) is 4.11 Å². The summed E-state index contributed by atoms with van der Waals surface area (Å²) in [5.41, 5.74) is 1.76. The Morgan fingerprint density at radius 3 is 2.03 bits per heavy atom. The Balaban J connectivity index is 1.77. The van der Waals surface area contributed by atoms with E-state index < -0.39 is 0 Å². The first-order chi connectivity index (χ1) is 15.5. The molecule has 138 valence electrons. The maximum Gasteiger partial charge on any atom is 0.164 e. The summed E-state index contributed by atoms with van der Waals surface area (Å²) in [5, 5.41) is 2.12. The molecule has 0 radical (unpaired) electrons. The lowest BCUT2D eigenvalue weighted by Crippen LogP contribution is -2.00. The van der Waals surface area contributed by atoms with Gasteiger partial charge >= 0.3 is 0 Å². The van der Waals surface area contributed by atoms with E-state index in [2.05, 4.69) is 9.97 Å². The zero-order valence-electron chi connectivity index (χ0n) is 18.2. The fourth-order valence-corrected chi connectivity index (χ4v) is 3.28. The molecule has 0 N–H and O–H groups in total. The number of hydrogen-bond donors (Lipinski definition) is 0. The average molecular weight is 397 g/mol. The molecule has 4 heteroatoms. The van der Waals surface area contributed by atoms with Gasteiger partial charge in [-0.05, 0) is 28.9 Å². The van der Waals surface area contributed by atoms with E-state index in [4.69, 9.17) is 20.7 Å². The first kappa shape index (κ1) is 14.4. The number of benzene rings is 4. The molecule has 0 unspecified atom stereocenters. The van der Waals surface area contributed by atoms with Gasteiger partial charge in [0.25, 0.3) is 0 Å². The summed E-state index contributed by atoms with van der Waals surface area (Å²) in [6.07, 6.45) is 0. The summed E-state index contributed by atoms with van der Waals surface area (Å²) in [7, 11) is 0. The normalized spacial score (nSPS) is 12.4. The molecule has 4 aromatic carbocycles. The van der Waals surface area contributed by atoms with Crippen LogP contribution in [0.4, 0.5) is 0 Å². The van der Waals surface area contributed by atoms with Crippen LogP contribution in [0, 0.1) is 0 Å². The van der Waals surface area contributed by atoms with Gasteiger partial charge in [-0.1, -0.05) is 90.4 Å². The lowest BCUT2D eigenvalue weighted by Gasteiger charge is -2.09. The summed E-state index contributed by atoms with van der Waals surface area (Å²) < 4.78 is 24.6. The first-order valence-electron chi connectivity index (χ1n) is 10.6. The fourth-order valence-electron chi connectivity index (χ4n) is 3.14. The largest absolute Gasteiger partial charge is 0.208 e. The standard InChI is InChI=1S/C25H16ClN3/c26-22-12-6-11-20(16-22)24-27-23(18-8-2-1-3-9-18)28-25(29-24)21-14-13-17-7-4-5-10-19(17)15-21/h1-16H/i11D,12D,16D. The lowest BCUT2D eigenvalue weighted by atomic mass is 10.1. The molecule has 0 aliphatic rings. The van der Waals surface area contributed by atoms with Gasteiger partial charge in [-0.2, -0.15) is 0 Å². The second kappa shape index (κ2) is 7.46. The Bertz CT molecular complexity index is 1470. The van der Waals surface area contributed by atoms with Crippen molar-refractivity contribution in [3.63, 3.8) is 0 Å². The van der Waals surface area contributed by atoms with Crippen LogP contribution in [0.3, 0.4) is 0 Å². The quantitative estimate of drug-likeness (QED) is 0.341. The lowest BCUT2D eigenvalue weighted by molar-refractivity contribution is 1.07. The first-order valence-corrected chi connectivity index (χ1v) is 9.46. The SMILES string of the molecule is [2H]c1cc([2H])c(-c2nc(-c3ccccc3)nc(-c3ccc4ccccc4c3)n2)c([2H])c1Cl. The van der Waals surface area contributed by atoms with Crippen molar-refractivity contribution in [3.05, 3.63) is 102 Å². The minimum Gasteiger partial charge on any atom is -0.208 e. The Morgan fingerprint density at radius 2 is 1.24 bits per heavy atom. The van der Waals surface area contributed by atoms with Crippen LogP contribution in [0.2, 0.25) is 5.02 Å². The highest BCUT2D eigenvalue weighted by Crippen LogP contribution is 2.27. The molecule has 0 atom stereocenters. The van der Waals surface area contributed by atoms with Crippen LogP contribution < -0.4 is 0 Å². The van der Waals surface area contributed by atoms with E-state index in [9.17, 15) is 0 Å². The van der Waals surface area contributed by atoms with Crippen molar-refractivity contribution in [2.45, 2.75) is 0 Å². The predicted octanol–water partition coefficient (Wildman–Crippen LogP) is 6.68. The van der Waals surface area contributed by atoms with Crippen molar-refractivity contribution in [1.82, 2.24) is 15.0 Å². The van der Waals surface area contributed by atoms with Gasteiger partial charge in [0.15, 0.2) is 17.5 Å². The van der Waals surface area contributed by atoms with E-state index >= 15 is 0 Å². The van der Waals surface area contributed by atoms with Crippen molar-refractivity contribution in [2.75, 3.05) is 0 Å². The molecule has 0 saturated carbocycles. The molecule has 3 nitrogen and oxygen atoms in total. The molecule has 0 aliphatic heterocycles. The van der Waals surface area contributed by atoms with Crippen molar-refractivity contribution in [1.29, 1.82) is 0 Å². The van der Waals surface area contributed by atoms with E-state index in [1.54, 1.807) is 0 Å². The number of fused-ring (bicyclic) bond motifs is 1. The molecule has 0 amide bonds. The highest BCUT2D eigenvalue weighted by molar-refractivity contribution is 6.30.